The fourth-order valence-corrected chi connectivity index (χ4v) is 3.10. The molecule has 5 nitrogen and oxygen atoms in total. The Labute approximate surface area is 157 Å². The first-order valence-electron chi connectivity index (χ1n) is 8.84. The summed E-state index contributed by atoms with van der Waals surface area (Å²) in [5, 5.41) is 6.34. The van der Waals surface area contributed by atoms with Gasteiger partial charge >= 0.3 is 0 Å². The van der Waals surface area contributed by atoms with E-state index in [-0.39, 0.29) is 18.3 Å². The SMILES string of the molecule is CCNC(=NCC(=O)N1CCCC1)NCCCc1ccc(Br)cc1F. The summed E-state index contributed by atoms with van der Waals surface area (Å²) in [7, 11) is 0. The van der Waals surface area contributed by atoms with Crippen LogP contribution in [0.3, 0.4) is 0 Å². The molecule has 2 N–H and O–H groups in total. The third kappa shape index (κ3) is 6.65. The van der Waals surface area contributed by atoms with Gasteiger partial charge < -0.3 is 15.5 Å². The maximum atomic E-state index is 13.8. The Morgan fingerprint density at radius 2 is 2.08 bits per heavy atom. The lowest BCUT2D eigenvalue weighted by atomic mass is 10.1. The van der Waals surface area contributed by atoms with Crippen molar-refractivity contribution in [3.05, 3.63) is 34.1 Å². The minimum absolute atomic E-state index is 0.0756. The van der Waals surface area contributed by atoms with Crippen molar-refractivity contribution in [3.8, 4) is 0 Å². The molecular formula is C18H26BrFN4O. The summed E-state index contributed by atoms with van der Waals surface area (Å²) in [4.78, 5) is 18.3. The van der Waals surface area contributed by atoms with Crippen LogP contribution in [0.2, 0.25) is 0 Å². The molecule has 1 aliphatic rings. The topological polar surface area (TPSA) is 56.7 Å². The second kappa shape index (κ2) is 10.4. The number of guanidine groups is 1. The van der Waals surface area contributed by atoms with E-state index in [0.717, 1.165) is 43.4 Å². The van der Waals surface area contributed by atoms with E-state index >= 15 is 0 Å². The lowest BCUT2D eigenvalue weighted by molar-refractivity contribution is -0.128. The van der Waals surface area contributed by atoms with Crippen LogP contribution in [0.5, 0.6) is 0 Å². The fraction of sp³-hybridized carbons (Fsp3) is 0.556. The number of rotatable bonds is 7. The van der Waals surface area contributed by atoms with Crippen molar-refractivity contribution in [2.75, 3.05) is 32.7 Å². The van der Waals surface area contributed by atoms with Gasteiger partial charge in [-0.2, -0.15) is 0 Å². The molecule has 0 radical (unpaired) electrons. The highest BCUT2D eigenvalue weighted by Crippen LogP contribution is 2.16. The van der Waals surface area contributed by atoms with Gasteiger partial charge in [0.05, 0.1) is 0 Å². The van der Waals surface area contributed by atoms with Gasteiger partial charge in [0.2, 0.25) is 5.91 Å². The van der Waals surface area contributed by atoms with Gasteiger partial charge in [0.1, 0.15) is 12.4 Å². The molecule has 0 aliphatic carbocycles. The van der Waals surface area contributed by atoms with E-state index in [4.69, 9.17) is 0 Å². The van der Waals surface area contributed by atoms with Crippen molar-refractivity contribution >= 4 is 27.8 Å². The molecule has 1 fully saturated rings. The van der Waals surface area contributed by atoms with Gasteiger partial charge in [0.15, 0.2) is 5.96 Å². The van der Waals surface area contributed by atoms with Crippen molar-refractivity contribution in [3.63, 3.8) is 0 Å². The molecule has 1 heterocycles. The molecule has 0 aromatic heterocycles. The molecule has 25 heavy (non-hydrogen) atoms. The molecule has 0 atom stereocenters. The number of aliphatic imine (C=N–C) groups is 1. The Hall–Kier alpha value is -1.63. The van der Waals surface area contributed by atoms with E-state index in [2.05, 4.69) is 31.6 Å². The monoisotopic (exact) mass is 412 g/mol. The number of likely N-dealkylation sites (tertiary alicyclic amines) is 1. The van der Waals surface area contributed by atoms with Crippen LogP contribution in [0.1, 0.15) is 31.7 Å². The van der Waals surface area contributed by atoms with Gasteiger partial charge in [0, 0.05) is 30.7 Å². The van der Waals surface area contributed by atoms with Gasteiger partial charge in [-0.1, -0.05) is 22.0 Å². The summed E-state index contributed by atoms with van der Waals surface area (Å²) in [5.41, 5.74) is 0.705. The van der Waals surface area contributed by atoms with Crippen molar-refractivity contribution in [1.29, 1.82) is 0 Å². The molecule has 0 spiro atoms. The fourth-order valence-electron chi connectivity index (χ4n) is 2.77. The highest BCUT2D eigenvalue weighted by atomic mass is 79.9. The van der Waals surface area contributed by atoms with Crippen LogP contribution >= 0.6 is 15.9 Å². The van der Waals surface area contributed by atoms with Crippen LogP contribution in [0.25, 0.3) is 0 Å². The van der Waals surface area contributed by atoms with Gasteiger partial charge in [-0.3, -0.25) is 4.79 Å². The van der Waals surface area contributed by atoms with E-state index in [9.17, 15) is 9.18 Å². The number of hydrogen-bond donors (Lipinski definition) is 2. The average molecular weight is 413 g/mol. The van der Waals surface area contributed by atoms with Crippen LogP contribution in [0, 0.1) is 5.82 Å². The minimum atomic E-state index is -0.189. The Morgan fingerprint density at radius 3 is 2.76 bits per heavy atom. The normalized spacial score (nSPS) is 14.7. The van der Waals surface area contributed by atoms with Crippen molar-refractivity contribution in [2.24, 2.45) is 4.99 Å². The molecular weight excluding hydrogens is 387 g/mol. The number of carbonyl (C=O) groups excluding carboxylic acids is 1. The summed E-state index contributed by atoms with van der Waals surface area (Å²) in [6.45, 7) is 5.23. The Kier molecular flexibility index (Phi) is 8.18. The number of nitrogens with one attached hydrogen (secondary N) is 2. The van der Waals surface area contributed by atoms with Gasteiger partial charge in [-0.05, 0) is 50.3 Å². The molecule has 2 rings (SSSR count). The average Bonchev–Trinajstić information content (AvgIpc) is 3.12. The molecule has 1 aliphatic heterocycles. The van der Waals surface area contributed by atoms with Crippen LogP contribution < -0.4 is 10.6 Å². The summed E-state index contributed by atoms with van der Waals surface area (Å²) in [5.74, 6) is 0.518. The largest absolute Gasteiger partial charge is 0.357 e. The maximum absolute atomic E-state index is 13.8. The number of benzene rings is 1. The Balaban J connectivity index is 1.76. The van der Waals surface area contributed by atoms with E-state index < -0.39 is 0 Å². The standard InChI is InChI=1S/C18H26BrFN4O/c1-2-21-18(23-13-17(25)24-10-3-4-11-24)22-9-5-6-14-7-8-15(19)12-16(14)20/h7-8,12H,2-6,9-11,13H2,1H3,(H2,21,22,23). The molecule has 0 bridgehead atoms. The quantitative estimate of drug-likeness (QED) is 0.411. The van der Waals surface area contributed by atoms with Crippen LogP contribution in [-0.4, -0.2) is 49.5 Å². The van der Waals surface area contributed by atoms with Crippen LogP contribution in [0.4, 0.5) is 4.39 Å². The molecule has 7 heteroatoms. The summed E-state index contributed by atoms with van der Waals surface area (Å²) >= 11 is 3.26. The van der Waals surface area contributed by atoms with Crippen LogP contribution in [0.15, 0.2) is 27.7 Å². The Bertz CT molecular complexity index is 603. The zero-order valence-electron chi connectivity index (χ0n) is 14.7. The van der Waals surface area contributed by atoms with Gasteiger partial charge in [-0.25, -0.2) is 9.38 Å². The summed E-state index contributed by atoms with van der Waals surface area (Å²) in [6.07, 6.45) is 3.60. The van der Waals surface area contributed by atoms with E-state index in [1.165, 1.54) is 6.07 Å². The number of amides is 1. The predicted molar refractivity (Wildman–Crippen MR) is 102 cm³/mol. The Morgan fingerprint density at radius 1 is 1.32 bits per heavy atom. The highest BCUT2D eigenvalue weighted by molar-refractivity contribution is 9.10. The van der Waals surface area contributed by atoms with Gasteiger partial charge in [-0.15, -0.1) is 0 Å². The lowest BCUT2D eigenvalue weighted by Gasteiger charge is -2.15. The maximum Gasteiger partial charge on any atom is 0.244 e. The number of halogens is 2. The van der Waals surface area contributed by atoms with Crippen molar-refractivity contribution in [2.45, 2.75) is 32.6 Å². The number of nitrogens with zero attached hydrogens (tertiary/aromatic N) is 2. The first-order valence-corrected chi connectivity index (χ1v) is 9.63. The molecule has 0 saturated carbocycles. The minimum Gasteiger partial charge on any atom is -0.357 e. The molecule has 1 aromatic carbocycles. The van der Waals surface area contributed by atoms with E-state index in [1.807, 2.05) is 17.9 Å². The number of aryl methyl sites for hydroxylation is 1. The summed E-state index contributed by atoms with van der Waals surface area (Å²) in [6, 6.07) is 5.13. The molecule has 1 saturated heterocycles. The molecule has 1 amide bonds. The number of carbonyl (C=O) groups is 1. The zero-order chi connectivity index (χ0) is 18.1. The lowest BCUT2D eigenvalue weighted by Crippen LogP contribution is -2.39. The van der Waals surface area contributed by atoms with Gasteiger partial charge in [0.25, 0.3) is 0 Å². The predicted octanol–water partition coefficient (Wildman–Crippen LogP) is 2.70. The second-order valence-electron chi connectivity index (χ2n) is 6.05. The number of hydrogen-bond acceptors (Lipinski definition) is 2. The zero-order valence-corrected chi connectivity index (χ0v) is 16.2. The smallest absolute Gasteiger partial charge is 0.244 e. The highest BCUT2D eigenvalue weighted by Gasteiger charge is 2.17. The first kappa shape index (κ1) is 19.7. The molecule has 1 aromatic rings. The van der Waals surface area contributed by atoms with Crippen molar-refractivity contribution in [1.82, 2.24) is 15.5 Å². The molecule has 0 unspecified atom stereocenters. The summed E-state index contributed by atoms with van der Waals surface area (Å²) < 4.78 is 14.5. The van der Waals surface area contributed by atoms with Crippen molar-refractivity contribution < 1.29 is 9.18 Å². The third-order valence-corrected chi connectivity index (χ3v) is 4.60. The van der Waals surface area contributed by atoms with E-state index in [1.54, 1.807) is 6.07 Å². The third-order valence-electron chi connectivity index (χ3n) is 4.11. The molecule has 138 valence electrons. The first-order chi connectivity index (χ1) is 12.1. The van der Waals surface area contributed by atoms with E-state index in [0.29, 0.717) is 24.5 Å². The van der Waals surface area contributed by atoms with Crippen LogP contribution in [-0.2, 0) is 11.2 Å². The second-order valence-corrected chi connectivity index (χ2v) is 6.96.